The largest absolute Gasteiger partial charge is 0.505 e. The van der Waals surface area contributed by atoms with Gasteiger partial charge in [0.15, 0.2) is 16.6 Å². The van der Waals surface area contributed by atoms with E-state index >= 15 is 0 Å². The van der Waals surface area contributed by atoms with E-state index in [4.69, 9.17) is 23.8 Å². The number of hydrogen-bond donors (Lipinski definition) is 2. The van der Waals surface area contributed by atoms with Gasteiger partial charge in [0, 0.05) is 24.7 Å². The van der Waals surface area contributed by atoms with Crippen LogP contribution in [0.4, 0.5) is 0 Å². The molecule has 2 aliphatic heterocycles. The topological polar surface area (TPSA) is 110 Å². The third-order valence-electron chi connectivity index (χ3n) is 4.01. The minimum Gasteiger partial charge on any atom is -0.505 e. The Kier molecular flexibility index (Phi) is 4.33. The molecule has 12 heteroatoms. The number of fused-ring (bicyclic) bond motifs is 1. The molecule has 26 heavy (non-hydrogen) atoms. The van der Waals surface area contributed by atoms with Crippen LogP contribution in [-0.4, -0.2) is 65.3 Å². The number of hydrazine groups is 1. The Morgan fingerprint density at radius 3 is 2.58 bits per heavy atom. The summed E-state index contributed by atoms with van der Waals surface area (Å²) in [6, 6.07) is 3.90. The summed E-state index contributed by atoms with van der Waals surface area (Å²) in [5.74, 6) is -1.80. The average molecular weight is 417 g/mol. The Balaban J connectivity index is 2.02. The summed E-state index contributed by atoms with van der Waals surface area (Å²) in [5.41, 5.74) is 1.80. The summed E-state index contributed by atoms with van der Waals surface area (Å²) in [4.78, 5) is 25.2. The zero-order chi connectivity index (χ0) is 19.4. The highest BCUT2D eigenvalue weighted by molar-refractivity contribution is 7.89. The fraction of sp³-hybridized carbons (Fsp3) is 0.214. The molecule has 0 spiro atoms. The van der Waals surface area contributed by atoms with Gasteiger partial charge in [-0.25, -0.2) is 8.42 Å². The first-order valence-electron chi connectivity index (χ1n) is 7.17. The minimum atomic E-state index is -4.10. The van der Waals surface area contributed by atoms with E-state index in [0.29, 0.717) is 4.31 Å². The summed E-state index contributed by atoms with van der Waals surface area (Å²) < 4.78 is 26.0. The molecule has 2 N–H and O–H groups in total. The summed E-state index contributed by atoms with van der Waals surface area (Å²) >= 11 is 10.9. The number of halogens is 1. The molecule has 1 saturated heterocycles. The molecule has 2 heterocycles. The predicted octanol–water partition coefficient (Wildman–Crippen LogP) is 0.291. The number of carbonyl (C=O) groups is 2. The second-order valence-corrected chi connectivity index (χ2v) is 8.31. The molecule has 2 aliphatic rings. The van der Waals surface area contributed by atoms with Crippen molar-refractivity contribution in [2.24, 2.45) is 0 Å². The molecule has 3 rings (SSSR count). The van der Waals surface area contributed by atoms with E-state index in [2.05, 4.69) is 5.43 Å². The molecule has 0 atom stereocenters. The van der Waals surface area contributed by atoms with Crippen molar-refractivity contribution in [3.63, 3.8) is 0 Å². The molecule has 1 fully saturated rings. The van der Waals surface area contributed by atoms with Crippen molar-refractivity contribution >= 4 is 56.5 Å². The lowest BCUT2D eigenvalue weighted by Crippen LogP contribution is -2.48. The number of sulfonamides is 1. The van der Waals surface area contributed by atoms with E-state index in [1.165, 1.54) is 30.1 Å². The number of likely N-dealkylation sites (N-methyl/N-ethyl adjacent to an activating group) is 2. The van der Waals surface area contributed by atoms with Crippen molar-refractivity contribution in [3.05, 3.63) is 34.5 Å². The fourth-order valence-electron chi connectivity index (χ4n) is 2.56. The zero-order valence-corrected chi connectivity index (χ0v) is 15.9. The molecule has 0 aromatic heterocycles. The molecule has 0 radical (unpaired) electrons. The Hall–Kier alpha value is -2.37. The predicted molar refractivity (Wildman–Crippen MR) is 96.2 cm³/mol. The van der Waals surface area contributed by atoms with E-state index in [1.807, 2.05) is 0 Å². The maximum Gasteiger partial charge on any atom is 0.291 e. The van der Waals surface area contributed by atoms with Crippen LogP contribution < -0.4 is 5.43 Å². The van der Waals surface area contributed by atoms with Crippen LogP contribution in [0.15, 0.2) is 28.8 Å². The average Bonchev–Trinajstić information content (AvgIpc) is 2.80. The van der Waals surface area contributed by atoms with Crippen LogP contribution in [0.3, 0.4) is 0 Å². The Morgan fingerprint density at radius 2 is 2.00 bits per heavy atom. The standard InChI is InChI=1S/C14H13ClN4O5S2/c1-17-10(20)6-19(14(17)25)16-13(22)11-12(21)8-4-3-7(15)5-9(8)26(23,24)18(11)2/h3-5,21H,6H2,1-2H3,(H,16,22). The van der Waals surface area contributed by atoms with Crippen LogP contribution in [0.2, 0.25) is 5.02 Å². The highest BCUT2D eigenvalue weighted by Gasteiger charge is 2.40. The van der Waals surface area contributed by atoms with Gasteiger partial charge in [-0.2, -0.15) is 0 Å². The van der Waals surface area contributed by atoms with Crippen LogP contribution in [0, 0.1) is 0 Å². The third-order valence-corrected chi connectivity index (χ3v) is 6.54. The summed E-state index contributed by atoms with van der Waals surface area (Å²) in [7, 11) is -1.52. The first-order chi connectivity index (χ1) is 12.1. The van der Waals surface area contributed by atoms with E-state index in [0.717, 1.165) is 12.1 Å². The van der Waals surface area contributed by atoms with Crippen molar-refractivity contribution in [2.75, 3.05) is 20.6 Å². The zero-order valence-electron chi connectivity index (χ0n) is 13.6. The Bertz CT molecular complexity index is 991. The van der Waals surface area contributed by atoms with Crippen LogP contribution in [0.1, 0.15) is 5.56 Å². The summed E-state index contributed by atoms with van der Waals surface area (Å²) in [5, 5.41) is 11.8. The summed E-state index contributed by atoms with van der Waals surface area (Å²) in [6.45, 7) is -0.197. The lowest BCUT2D eigenvalue weighted by atomic mass is 10.1. The molecule has 9 nitrogen and oxygen atoms in total. The number of hydrogen-bond acceptors (Lipinski definition) is 6. The molecule has 0 unspecified atom stereocenters. The number of aliphatic hydroxyl groups is 1. The van der Waals surface area contributed by atoms with Gasteiger partial charge in [0.25, 0.3) is 15.9 Å². The van der Waals surface area contributed by atoms with Crippen LogP contribution >= 0.6 is 23.8 Å². The fourth-order valence-corrected chi connectivity index (χ4v) is 4.43. The maximum absolute atomic E-state index is 12.7. The minimum absolute atomic E-state index is 0.0464. The number of carbonyl (C=O) groups excluding carboxylic acids is 2. The van der Waals surface area contributed by atoms with E-state index in [1.54, 1.807) is 0 Å². The van der Waals surface area contributed by atoms with E-state index in [-0.39, 0.29) is 33.0 Å². The van der Waals surface area contributed by atoms with Gasteiger partial charge >= 0.3 is 0 Å². The number of benzene rings is 1. The molecule has 1 aromatic rings. The van der Waals surface area contributed by atoms with Gasteiger partial charge in [-0.1, -0.05) is 11.6 Å². The number of nitrogens with zero attached hydrogens (tertiary/aromatic N) is 3. The SMILES string of the molecule is CN1C(=O)CN(NC(=O)C2=C(O)c3ccc(Cl)cc3S(=O)(=O)N2C)C1=S. The number of rotatable bonds is 2. The van der Waals surface area contributed by atoms with Crippen LogP contribution in [0.5, 0.6) is 0 Å². The highest BCUT2D eigenvalue weighted by Crippen LogP contribution is 2.36. The molecule has 2 amide bonds. The van der Waals surface area contributed by atoms with Gasteiger partial charge in [-0.3, -0.25) is 29.2 Å². The number of amides is 2. The van der Waals surface area contributed by atoms with Crippen molar-refractivity contribution in [1.82, 2.24) is 19.6 Å². The van der Waals surface area contributed by atoms with Gasteiger partial charge in [-0.05, 0) is 30.4 Å². The molecule has 0 saturated carbocycles. The normalized spacial score (nSPS) is 19.1. The maximum atomic E-state index is 12.7. The highest BCUT2D eigenvalue weighted by atomic mass is 35.5. The second kappa shape index (κ2) is 6.11. The lowest BCUT2D eigenvalue weighted by molar-refractivity contribution is -0.125. The smallest absolute Gasteiger partial charge is 0.291 e. The lowest BCUT2D eigenvalue weighted by Gasteiger charge is -2.29. The van der Waals surface area contributed by atoms with Crippen molar-refractivity contribution in [1.29, 1.82) is 0 Å². The first-order valence-corrected chi connectivity index (χ1v) is 9.39. The molecule has 0 bridgehead atoms. The van der Waals surface area contributed by atoms with Crippen LogP contribution in [0.25, 0.3) is 5.76 Å². The van der Waals surface area contributed by atoms with E-state index < -0.39 is 27.4 Å². The number of nitrogens with one attached hydrogen (secondary N) is 1. The summed E-state index contributed by atoms with van der Waals surface area (Å²) in [6.07, 6.45) is 0. The molecule has 1 aromatic carbocycles. The van der Waals surface area contributed by atoms with Crippen LogP contribution in [-0.2, 0) is 19.6 Å². The Labute approximate surface area is 159 Å². The van der Waals surface area contributed by atoms with Gasteiger partial charge in [-0.15, -0.1) is 0 Å². The van der Waals surface area contributed by atoms with Crippen molar-refractivity contribution in [3.8, 4) is 0 Å². The monoisotopic (exact) mass is 416 g/mol. The van der Waals surface area contributed by atoms with Crippen molar-refractivity contribution in [2.45, 2.75) is 4.90 Å². The number of thiocarbonyl (C=S) groups is 1. The molecular formula is C14H13ClN4O5S2. The Morgan fingerprint density at radius 1 is 1.35 bits per heavy atom. The number of aliphatic hydroxyl groups excluding tert-OH is 1. The molecule has 0 aliphatic carbocycles. The third kappa shape index (κ3) is 2.68. The quantitative estimate of drug-likeness (QED) is 0.667. The van der Waals surface area contributed by atoms with Crippen molar-refractivity contribution < 1.29 is 23.1 Å². The molecule has 138 valence electrons. The van der Waals surface area contributed by atoms with Gasteiger partial charge in [0.05, 0.1) is 0 Å². The van der Waals surface area contributed by atoms with Gasteiger partial charge in [0.2, 0.25) is 5.91 Å². The van der Waals surface area contributed by atoms with Gasteiger partial charge < -0.3 is 5.11 Å². The second-order valence-electron chi connectivity index (χ2n) is 5.57. The van der Waals surface area contributed by atoms with Gasteiger partial charge in [0.1, 0.15) is 11.4 Å². The van der Waals surface area contributed by atoms with E-state index in [9.17, 15) is 23.1 Å². The molecular weight excluding hydrogens is 404 g/mol. The first kappa shape index (κ1) is 18.4.